The van der Waals surface area contributed by atoms with Crippen LogP contribution in [0, 0.1) is 6.92 Å². The third-order valence-corrected chi connectivity index (χ3v) is 3.22. The zero-order valence-electron chi connectivity index (χ0n) is 11.0. The molecule has 17 heavy (non-hydrogen) atoms. The maximum Gasteiger partial charge on any atom is 0.254 e. The molecule has 0 spiro atoms. The summed E-state index contributed by atoms with van der Waals surface area (Å²) in [6.45, 7) is 5.91. The molecule has 0 radical (unpaired) electrons. The lowest BCUT2D eigenvalue weighted by atomic mass is 10.1. The van der Waals surface area contributed by atoms with Gasteiger partial charge in [0.2, 0.25) is 0 Å². The van der Waals surface area contributed by atoms with Gasteiger partial charge in [-0.25, -0.2) is 0 Å². The van der Waals surface area contributed by atoms with Gasteiger partial charge in [0.15, 0.2) is 0 Å². The van der Waals surface area contributed by atoms with Crippen LogP contribution in [0.2, 0.25) is 0 Å². The highest BCUT2D eigenvalue weighted by Gasteiger charge is 2.19. The highest BCUT2D eigenvalue weighted by atomic mass is 16.3. The van der Waals surface area contributed by atoms with Gasteiger partial charge in [0.05, 0.1) is 0 Å². The molecule has 1 unspecified atom stereocenters. The third kappa shape index (κ3) is 2.99. The predicted octanol–water partition coefficient (Wildman–Crippen LogP) is 2.96. The van der Waals surface area contributed by atoms with Crippen molar-refractivity contribution in [2.75, 3.05) is 7.05 Å². The first kappa shape index (κ1) is 13.6. The maximum absolute atomic E-state index is 12.2. The van der Waals surface area contributed by atoms with Gasteiger partial charge in [-0.3, -0.25) is 4.79 Å². The first-order valence-electron chi connectivity index (χ1n) is 6.04. The van der Waals surface area contributed by atoms with E-state index in [1.807, 2.05) is 14.0 Å². The van der Waals surface area contributed by atoms with E-state index in [1.165, 1.54) is 0 Å². The molecular weight excluding hydrogens is 214 g/mol. The van der Waals surface area contributed by atoms with E-state index in [4.69, 9.17) is 0 Å². The first-order chi connectivity index (χ1) is 7.99. The minimum Gasteiger partial charge on any atom is -0.508 e. The fourth-order valence-corrected chi connectivity index (χ4v) is 1.86. The van der Waals surface area contributed by atoms with Crippen molar-refractivity contribution in [3.8, 4) is 5.75 Å². The van der Waals surface area contributed by atoms with Crippen LogP contribution in [0.3, 0.4) is 0 Å². The molecule has 0 aromatic heterocycles. The van der Waals surface area contributed by atoms with Crippen LogP contribution in [-0.4, -0.2) is 29.0 Å². The average molecular weight is 235 g/mol. The zero-order valence-corrected chi connectivity index (χ0v) is 11.0. The summed E-state index contributed by atoms with van der Waals surface area (Å²) in [6, 6.07) is 5.27. The quantitative estimate of drug-likeness (QED) is 0.871. The highest BCUT2D eigenvalue weighted by Crippen LogP contribution is 2.21. The van der Waals surface area contributed by atoms with Crippen LogP contribution >= 0.6 is 0 Å². The molecule has 1 rings (SSSR count). The van der Waals surface area contributed by atoms with Gasteiger partial charge in [0.25, 0.3) is 5.91 Å². The SMILES string of the molecule is CCCC(C)N(C)C(=O)c1cccc(O)c1C. The van der Waals surface area contributed by atoms with Gasteiger partial charge in [-0.2, -0.15) is 0 Å². The number of carbonyl (C=O) groups excluding carboxylic acids is 1. The third-order valence-electron chi connectivity index (χ3n) is 3.22. The van der Waals surface area contributed by atoms with E-state index in [1.54, 1.807) is 30.0 Å². The first-order valence-corrected chi connectivity index (χ1v) is 6.04. The summed E-state index contributed by atoms with van der Waals surface area (Å²) in [4.78, 5) is 14.0. The minimum absolute atomic E-state index is 0.0284. The lowest BCUT2D eigenvalue weighted by Gasteiger charge is -2.25. The molecule has 0 aliphatic heterocycles. The Bertz CT molecular complexity index is 401. The van der Waals surface area contributed by atoms with Crippen LogP contribution in [0.5, 0.6) is 5.75 Å². The van der Waals surface area contributed by atoms with Crippen LogP contribution in [0.1, 0.15) is 42.6 Å². The summed E-state index contributed by atoms with van der Waals surface area (Å²) in [5, 5.41) is 9.60. The zero-order chi connectivity index (χ0) is 13.0. The van der Waals surface area contributed by atoms with Crippen LogP contribution in [-0.2, 0) is 0 Å². The number of amides is 1. The standard InChI is InChI=1S/C14H21NO2/c1-5-7-10(2)15(4)14(17)12-8-6-9-13(16)11(12)3/h6,8-10,16H,5,7H2,1-4H3. The Kier molecular flexibility index (Phi) is 4.55. The number of hydrogen-bond acceptors (Lipinski definition) is 2. The molecular formula is C14H21NO2. The summed E-state index contributed by atoms with van der Waals surface area (Å²) in [7, 11) is 1.81. The number of rotatable bonds is 4. The number of benzene rings is 1. The van der Waals surface area contributed by atoms with E-state index in [9.17, 15) is 9.90 Å². The molecule has 0 saturated carbocycles. The fourth-order valence-electron chi connectivity index (χ4n) is 1.86. The van der Waals surface area contributed by atoms with Crippen LogP contribution in [0.25, 0.3) is 0 Å². The Labute approximate surface area is 103 Å². The second-order valence-electron chi connectivity index (χ2n) is 4.50. The number of hydrogen-bond donors (Lipinski definition) is 1. The van der Waals surface area contributed by atoms with E-state index in [-0.39, 0.29) is 17.7 Å². The van der Waals surface area contributed by atoms with Crippen LogP contribution in [0.15, 0.2) is 18.2 Å². The molecule has 0 aliphatic rings. The molecule has 1 aromatic carbocycles. The second kappa shape index (κ2) is 5.71. The summed E-state index contributed by atoms with van der Waals surface area (Å²) >= 11 is 0. The van der Waals surface area contributed by atoms with E-state index < -0.39 is 0 Å². The van der Waals surface area contributed by atoms with E-state index in [0.29, 0.717) is 11.1 Å². The van der Waals surface area contributed by atoms with Crippen LogP contribution < -0.4 is 0 Å². The lowest BCUT2D eigenvalue weighted by molar-refractivity contribution is 0.0735. The van der Waals surface area contributed by atoms with Crippen molar-refractivity contribution < 1.29 is 9.90 Å². The maximum atomic E-state index is 12.2. The van der Waals surface area contributed by atoms with Crippen molar-refractivity contribution in [3.63, 3.8) is 0 Å². The Morgan fingerprint density at radius 2 is 2.12 bits per heavy atom. The number of aromatic hydroxyl groups is 1. The molecule has 3 nitrogen and oxygen atoms in total. The minimum atomic E-state index is -0.0284. The number of carbonyl (C=O) groups is 1. The number of phenolic OH excluding ortho intramolecular Hbond substituents is 1. The van der Waals surface area contributed by atoms with E-state index >= 15 is 0 Å². The Morgan fingerprint density at radius 3 is 2.71 bits per heavy atom. The summed E-state index contributed by atoms with van der Waals surface area (Å²) in [6.07, 6.45) is 2.04. The van der Waals surface area contributed by atoms with Gasteiger partial charge < -0.3 is 10.0 Å². The van der Waals surface area contributed by atoms with Crippen molar-refractivity contribution in [2.24, 2.45) is 0 Å². The van der Waals surface area contributed by atoms with Crippen molar-refractivity contribution in [1.29, 1.82) is 0 Å². The molecule has 0 saturated heterocycles. The van der Waals surface area contributed by atoms with Crippen LogP contribution in [0.4, 0.5) is 0 Å². The number of nitrogens with zero attached hydrogens (tertiary/aromatic N) is 1. The summed E-state index contributed by atoms with van der Waals surface area (Å²) in [5.41, 5.74) is 1.23. The molecule has 1 N–H and O–H groups in total. The van der Waals surface area contributed by atoms with Crippen molar-refractivity contribution in [1.82, 2.24) is 4.90 Å². The van der Waals surface area contributed by atoms with Gasteiger partial charge in [-0.1, -0.05) is 19.4 Å². The highest BCUT2D eigenvalue weighted by molar-refractivity contribution is 5.96. The fraction of sp³-hybridized carbons (Fsp3) is 0.500. The van der Waals surface area contributed by atoms with Gasteiger partial charge in [0.1, 0.15) is 5.75 Å². The second-order valence-corrected chi connectivity index (χ2v) is 4.50. The van der Waals surface area contributed by atoms with Gasteiger partial charge in [-0.15, -0.1) is 0 Å². The predicted molar refractivity (Wildman–Crippen MR) is 69.3 cm³/mol. The molecule has 1 aromatic rings. The van der Waals surface area contributed by atoms with Crippen molar-refractivity contribution in [2.45, 2.75) is 39.7 Å². The smallest absolute Gasteiger partial charge is 0.254 e. The molecule has 3 heteroatoms. The monoisotopic (exact) mass is 235 g/mol. The average Bonchev–Trinajstić information content (AvgIpc) is 2.31. The normalized spacial score (nSPS) is 12.2. The van der Waals surface area contributed by atoms with Gasteiger partial charge in [0, 0.05) is 24.2 Å². The molecule has 0 fully saturated rings. The van der Waals surface area contributed by atoms with E-state index in [0.717, 1.165) is 12.8 Å². The topological polar surface area (TPSA) is 40.5 Å². The summed E-state index contributed by atoms with van der Waals surface area (Å²) < 4.78 is 0. The Morgan fingerprint density at radius 1 is 1.47 bits per heavy atom. The Balaban J connectivity index is 2.93. The van der Waals surface area contributed by atoms with Crippen molar-refractivity contribution >= 4 is 5.91 Å². The molecule has 1 amide bonds. The van der Waals surface area contributed by atoms with Crippen molar-refractivity contribution in [3.05, 3.63) is 29.3 Å². The van der Waals surface area contributed by atoms with Gasteiger partial charge >= 0.3 is 0 Å². The molecule has 0 aliphatic carbocycles. The van der Waals surface area contributed by atoms with E-state index in [2.05, 4.69) is 6.92 Å². The molecule has 0 heterocycles. The molecule has 1 atom stereocenters. The van der Waals surface area contributed by atoms with Gasteiger partial charge in [-0.05, 0) is 32.4 Å². The number of phenols is 1. The Hall–Kier alpha value is -1.51. The molecule has 0 bridgehead atoms. The largest absolute Gasteiger partial charge is 0.508 e. The molecule has 94 valence electrons. The lowest BCUT2D eigenvalue weighted by Crippen LogP contribution is -2.35. The summed E-state index contributed by atoms with van der Waals surface area (Å²) in [5.74, 6) is 0.145.